The molecule has 3 heteroatoms. The maximum Gasteiger partial charge on any atom is 0.0633 e. The average Bonchev–Trinajstić information content (AvgIpc) is 3.81. The second-order valence-electron chi connectivity index (χ2n) is 14.1. The van der Waals surface area contributed by atoms with Gasteiger partial charge in [-0.1, -0.05) is 146 Å². The lowest BCUT2D eigenvalue weighted by atomic mass is 10.0. The Morgan fingerprint density at radius 2 is 0.873 bits per heavy atom. The largest absolute Gasteiger partial charge is 0.311 e. The van der Waals surface area contributed by atoms with E-state index in [2.05, 4.69) is 216 Å². The van der Waals surface area contributed by atoms with Crippen molar-refractivity contribution in [3.8, 4) is 27.9 Å². The van der Waals surface area contributed by atoms with Crippen molar-refractivity contribution in [2.24, 2.45) is 0 Å². The number of thiophene rings is 1. The highest BCUT2D eigenvalue weighted by molar-refractivity contribution is 7.26. The number of anilines is 3. The van der Waals surface area contributed by atoms with Crippen LogP contribution in [-0.2, 0) is 0 Å². The minimum Gasteiger partial charge on any atom is -0.311 e. The normalized spacial score (nSPS) is 11.6. The van der Waals surface area contributed by atoms with Crippen molar-refractivity contribution < 1.29 is 0 Å². The Kier molecular flexibility index (Phi) is 7.39. The van der Waals surface area contributed by atoms with Gasteiger partial charge >= 0.3 is 0 Å². The average molecular weight is 719 g/mol. The molecular formula is C52H34N2S. The Labute approximate surface area is 323 Å². The Morgan fingerprint density at radius 1 is 0.364 bits per heavy atom. The first kappa shape index (κ1) is 31.6. The molecule has 0 spiro atoms. The van der Waals surface area contributed by atoms with E-state index >= 15 is 0 Å². The maximum absolute atomic E-state index is 2.48. The number of hydrogen-bond acceptors (Lipinski definition) is 2. The van der Waals surface area contributed by atoms with Crippen LogP contribution in [0.5, 0.6) is 0 Å². The molecule has 2 nitrogen and oxygen atoms in total. The molecule has 9 aromatic carbocycles. The van der Waals surface area contributed by atoms with Gasteiger partial charge in [-0.15, -0.1) is 11.3 Å². The Morgan fingerprint density at radius 3 is 1.55 bits per heavy atom. The van der Waals surface area contributed by atoms with E-state index in [4.69, 9.17) is 0 Å². The monoisotopic (exact) mass is 718 g/mol. The number of fused-ring (bicyclic) bond motifs is 9. The predicted molar refractivity (Wildman–Crippen MR) is 237 cm³/mol. The van der Waals surface area contributed by atoms with E-state index in [0.717, 1.165) is 22.7 Å². The van der Waals surface area contributed by atoms with Gasteiger partial charge < -0.3 is 9.47 Å². The number of aromatic nitrogens is 1. The molecule has 0 aliphatic rings. The lowest BCUT2D eigenvalue weighted by Gasteiger charge is -2.26. The van der Waals surface area contributed by atoms with Crippen LogP contribution >= 0.6 is 11.3 Å². The first-order valence-electron chi connectivity index (χ1n) is 18.8. The SMILES string of the molecule is c1ccc(-c2ccc(N(c3ccccc3)c3ccc(-c4ccc(-n5c6ccccc6c6ccc7ccc8c9ccccc9sc8c7c65)cc4)cc3)cc2)cc1. The van der Waals surface area contributed by atoms with Gasteiger partial charge in [-0.2, -0.15) is 0 Å². The van der Waals surface area contributed by atoms with Gasteiger partial charge in [0.15, 0.2) is 0 Å². The van der Waals surface area contributed by atoms with Gasteiger partial charge in [-0.3, -0.25) is 0 Å². The maximum atomic E-state index is 2.48. The second kappa shape index (κ2) is 12.9. The minimum absolute atomic E-state index is 1.11. The number of para-hydroxylation sites is 2. The van der Waals surface area contributed by atoms with Crippen LogP contribution in [0.4, 0.5) is 17.1 Å². The van der Waals surface area contributed by atoms with Gasteiger partial charge in [-0.05, 0) is 88.3 Å². The molecule has 0 amide bonds. The van der Waals surface area contributed by atoms with Gasteiger partial charge in [0, 0.05) is 59.1 Å². The molecule has 11 aromatic rings. The molecule has 2 aromatic heterocycles. The second-order valence-corrected chi connectivity index (χ2v) is 15.2. The van der Waals surface area contributed by atoms with Crippen LogP contribution in [-0.4, -0.2) is 4.57 Å². The summed E-state index contributed by atoms with van der Waals surface area (Å²) in [7, 11) is 0. The summed E-state index contributed by atoms with van der Waals surface area (Å²) < 4.78 is 5.15. The third-order valence-corrected chi connectivity index (χ3v) is 12.2. The van der Waals surface area contributed by atoms with Crippen LogP contribution in [0.1, 0.15) is 0 Å². The molecule has 0 fully saturated rings. The van der Waals surface area contributed by atoms with Crippen LogP contribution in [0, 0.1) is 0 Å². The molecule has 0 saturated heterocycles. The van der Waals surface area contributed by atoms with Gasteiger partial charge in [-0.25, -0.2) is 0 Å². The number of benzene rings is 9. The van der Waals surface area contributed by atoms with E-state index in [1.54, 1.807) is 0 Å². The van der Waals surface area contributed by atoms with Crippen LogP contribution in [0.15, 0.2) is 206 Å². The summed E-state index contributed by atoms with van der Waals surface area (Å²) >= 11 is 1.90. The Hall–Kier alpha value is -6.94. The van der Waals surface area contributed by atoms with Crippen molar-refractivity contribution in [1.82, 2.24) is 4.57 Å². The van der Waals surface area contributed by atoms with Crippen molar-refractivity contribution in [3.63, 3.8) is 0 Å². The summed E-state index contributed by atoms with van der Waals surface area (Å²) in [6.07, 6.45) is 0. The van der Waals surface area contributed by atoms with E-state index in [0.29, 0.717) is 0 Å². The number of hydrogen-bond donors (Lipinski definition) is 0. The van der Waals surface area contributed by atoms with E-state index in [1.807, 2.05) is 11.3 Å². The highest BCUT2D eigenvalue weighted by atomic mass is 32.1. The minimum atomic E-state index is 1.11. The summed E-state index contributed by atoms with van der Waals surface area (Å²) in [5.41, 5.74) is 11.8. The summed E-state index contributed by atoms with van der Waals surface area (Å²) in [6.45, 7) is 0. The molecule has 11 rings (SSSR count). The molecule has 0 N–H and O–H groups in total. The smallest absolute Gasteiger partial charge is 0.0633 e. The first-order chi connectivity index (χ1) is 27.3. The van der Waals surface area contributed by atoms with E-state index in [-0.39, 0.29) is 0 Å². The van der Waals surface area contributed by atoms with Gasteiger partial charge in [0.05, 0.1) is 11.0 Å². The molecule has 0 saturated carbocycles. The predicted octanol–water partition coefficient (Wildman–Crippen LogP) is 15.1. The molecule has 0 aliphatic heterocycles. The quantitative estimate of drug-likeness (QED) is 0.166. The lowest BCUT2D eigenvalue weighted by molar-refractivity contribution is 1.19. The van der Waals surface area contributed by atoms with Crippen molar-refractivity contribution >= 4 is 81.1 Å². The zero-order chi connectivity index (χ0) is 36.3. The van der Waals surface area contributed by atoms with Crippen LogP contribution in [0.25, 0.3) is 80.7 Å². The lowest BCUT2D eigenvalue weighted by Crippen LogP contribution is -2.09. The van der Waals surface area contributed by atoms with Gasteiger partial charge in [0.2, 0.25) is 0 Å². The summed E-state index contributed by atoms with van der Waals surface area (Å²) in [5, 5.41) is 7.80. The van der Waals surface area contributed by atoms with Crippen molar-refractivity contribution in [3.05, 3.63) is 206 Å². The standard InChI is InChI=1S/C52H34N2S/c1-3-11-35(12-4-1)36-19-27-41(28-20-36)53(40-13-5-2-6-14-40)42-29-21-37(22-30-42)38-23-31-43(32-24-38)54-48-17-9-7-15-44(48)46-33-25-39-26-34-47-45-16-8-10-18-49(45)55-52(47)50(39)51(46)54/h1-34H. The van der Waals surface area contributed by atoms with Gasteiger partial charge in [0.1, 0.15) is 0 Å². The fourth-order valence-corrected chi connectivity index (χ4v) is 9.63. The third kappa shape index (κ3) is 5.24. The summed E-state index contributed by atoms with van der Waals surface area (Å²) in [6, 6.07) is 74.9. The Bertz CT molecular complexity index is 3150. The summed E-state index contributed by atoms with van der Waals surface area (Å²) in [5.74, 6) is 0. The van der Waals surface area contributed by atoms with Crippen molar-refractivity contribution in [2.45, 2.75) is 0 Å². The Balaban J connectivity index is 0.991. The molecule has 55 heavy (non-hydrogen) atoms. The fraction of sp³-hybridized carbons (Fsp3) is 0. The zero-order valence-electron chi connectivity index (χ0n) is 29.9. The molecule has 258 valence electrons. The van der Waals surface area contributed by atoms with Gasteiger partial charge in [0.25, 0.3) is 0 Å². The van der Waals surface area contributed by atoms with Crippen molar-refractivity contribution in [1.29, 1.82) is 0 Å². The number of rotatable bonds is 6. The van der Waals surface area contributed by atoms with E-state index in [1.165, 1.54) is 75.0 Å². The highest BCUT2D eigenvalue weighted by Crippen LogP contribution is 2.44. The molecule has 0 radical (unpaired) electrons. The van der Waals surface area contributed by atoms with E-state index in [9.17, 15) is 0 Å². The van der Waals surface area contributed by atoms with E-state index < -0.39 is 0 Å². The topological polar surface area (TPSA) is 8.17 Å². The van der Waals surface area contributed by atoms with Crippen LogP contribution in [0.2, 0.25) is 0 Å². The molecular weight excluding hydrogens is 685 g/mol. The summed E-state index contributed by atoms with van der Waals surface area (Å²) in [4.78, 5) is 2.32. The molecule has 0 bridgehead atoms. The fourth-order valence-electron chi connectivity index (χ4n) is 8.37. The van der Waals surface area contributed by atoms with Crippen LogP contribution < -0.4 is 4.90 Å². The molecule has 0 aliphatic carbocycles. The molecule has 0 atom stereocenters. The zero-order valence-corrected chi connectivity index (χ0v) is 30.7. The van der Waals surface area contributed by atoms with Crippen LogP contribution in [0.3, 0.4) is 0 Å². The molecule has 2 heterocycles. The first-order valence-corrected chi connectivity index (χ1v) is 19.6. The number of nitrogens with zero attached hydrogens (tertiary/aromatic N) is 2. The third-order valence-electron chi connectivity index (χ3n) is 11.0. The van der Waals surface area contributed by atoms with Crippen molar-refractivity contribution in [2.75, 3.05) is 4.90 Å². The highest BCUT2D eigenvalue weighted by Gasteiger charge is 2.19. The molecule has 0 unspecified atom stereocenters.